The van der Waals surface area contributed by atoms with Gasteiger partial charge in [0.2, 0.25) is 5.91 Å². The molecule has 2 amide bonds. The van der Waals surface area contributed by atoms with Crippen LogP contribution in [0.15, 0.2) is 24.3 Å². The average molecular weight is 290 g/mol. The van der Waals surface area contributed by atoms with E-state index in [1.54, 1.807) is 6.07 Å². The van der Waals surface area contributed by atoms with Crippen LogP contribution in [0.5, 0.6) is 5.75 Å². The molecule has 0 radical (unpaired) electrons. The molecule has 1 N–H and O–H groups in total. The first-order valence-corrected chi connectivity index (χ1v) is 7.43. The summed E-state index contributed by atoms with van der Waals surface area (Å²) in [5.74, 6) is 0.347. The van der Waals surface area contributed by atoms with Crippen LogP contribution in [0.25, 0.3) is 0 Å². The van der Waals surface area contributed by atoms with Crippen molar-refractivity contribution in [2.24, 2.45) is 0 Å². The van der Waals surface area contributed by atoms with Gasteiger partial charge in [0.1, 0.15) is 12.3 Å². The van der Waals surface area contributed by atoms with Crippen molar-refractivity contribution in [1.82, 2.24) is 5.32 Å². The van der Waals surface area contributed by atoms with Gasteiger partial charge in [-0.1, -0.05) is 26.0 Å². The molecule has 0 saturated heterocycles. The Morgan fingerprint density at radius 1 is 1.38 bits per heavy atom. The summed E-state index contributed by atoms with van der Waals surface area (Å²) in [5, 5.41) is 2.89. The van der Waals surface area contributed by atoms with E-state index in [1.165, 1.54) is 4.90 Å². The van der Waals surface area contributed by atoms with Gasteiger partial charge >= 0.3 is 0 Å². The van der Waals surface area contributed by atoms with E-state index in [4.69, 9.17) is 4.74 Å². The largest absolute Gasteiger partial charge is 0.478 e. The van der Waals surface area contributed by atoms with Crippen molar-refractivity contribution in [1.29, 1.82) is 0 Å². The molecule has 5 nitrogen and oxygen atoms in total. The number of fused-ring (bicyclic) bond motifs is 1. The highest BCUT2D eigenvalue weighted by Gasteiger charge is 2.34. The van der Waals surface area contributed by atoms with E-state index in [1.807, 2.05) is 39.0 Å². The quantitative estimate of drug-likeness (QED) is 0.903. The van der Waals surface area contributed by atoms with Gasteiger partial charge in [-0.05, 0) is 31.9 Å². The zero-order valence-corrected chi connectivity index (χ0v) is 12.8. The number of nitrogens with zero attached hydrogens (tertiary/aromatic N) is 1. The predicted molar refractivity (Wildman–Crippen MR) is 81.4 cm³/mol. The number of anilines is 1. The molecule has 5 heteroatoms. The van der Waals surface area contributed by atoms with Crippen molar-refractivity contribution >= 4 is 17.5 Å². The maximum atomic E-state index is 12.4. The van der Waals surface area contributed by atoms with Crippen LogP contribution in [0, 0.1) is 0 Å². The molecule has 21 heavy (non-hydrogen) atoms. The molecule has 1 aromatic rings. The maximum Gasteiger partial charge on any atom is 0.268 e. The van der Waals surface area contributed by atoms with E-state index in [2.05, 4.69) is 5.32 Å². The lowest BCUT2D eigenvalue weighted by Crippen LogP contribution is -2.50. The van der Waals surface area contributed by atoms with Gasteiger partial charge in [-0.15, -0.1) is 0 Å². The van der Waals surface area contributed by atoms with Gasteiger partial charge in [0.15, 0.2) is 6.10 Å². The molecule has 0 unspecified atom stereocenters. The molecular weight excluding hydrogens is 268 g/mol. The Bertz CT molecular complexity index is 530. The Balaban J connectivity index is 2.20. The van der Waals surface area contributed by atoms with Crippen molar-refractivity contribution in [3.05, 3.63) is 24.3 Å². The zero-order valence-electron chi connectivity index (χ0n) is 12.8. The van der Waals surface area contributed by atoms with Gasteiger partial charge in [0.25, 0.3) is 5.91 Å². The molecule has 114 valence electrons. The van der Waals surface area contributed by atoms with Crippen molar-refractivity contribution in [2.45, 2.75) is 45.8 Å². The number of benzene rings is 1. The monoisotopic (exact) mass is 290 g/mol. The minimum atomic E-state index is -0.517. The number of hydrogen-bond acceptors (Lipinski definition) is 3. The Morgan fingerprint density at radius 3 is 2.76 bits per heavy atom. The van der Waals surface area contributed by atoms with Crippen LogP contribution in [0.4, 0.5) is 5.69 Å². The molecule has 1 aliphatic heterocycles. The summed E-state index contributed by atoms with van der Waals surface area (Å²) in [5.41, 5.74) is 0.659. The highest BCUT2D eigenvalue weighted by atomic mass is 16.5. The second-order valence-electron chi connectivity index (χ2n) is 5.28. The minimum Gasteiger partial charge on any atom is -0.478 e. The lowest BCUT2D eigenvalue weighted by Gasteiger charge is -2.33. The SMILES string of the molecule is CC[C@H](C)NC(=O)CN1C(=O)[C@@H](CC)Oc2ccccc21. The van der Waals surface area contributed by atoms with Crippen LogP contribution in [0.3, 0.4) is 0 Å². The third kappa shape index (κ3) is 3.35. The van der Waals surface area contributed by atoms with Crippen LogP contribution >= 0.6 is 0 Å². The molecule has 0 aromatic heterocycles. The van der Waals surface area contributed by atoms with Crippen molar-refractivity contribution in [3.8, 4) is 5.75 Å². The fourth-order valence-electron chi connectivity index (χ4n) is 2.26. The fourth-order valence-corrected chi connectivity index (χ4v) is 2.26. The number of rotatable bonds is 5. The number of carbonyl (C=O) groups is 2. The lowest BCUT2D eigenvalue weighted by molar-refractivity contribution is -0.129. The smallest absolute Gasteiger partial charge is 0.268 e. The first-order valence-electron chi connectivity index (χ1n) is 7.43. The summed E-state index contributed by atoms with van der Waals surface area (Å²) in [6.07, 6.45) is 0.921. The summed E-state index contributed by atoms with van der Waals surface area (Å²) < 4.78 is 5.68. The number of nitrogens with one attached hydrogen (secondary N) is 1. The molecule has 0 spiro atoms. The molecule has 2 atom stereocenters. The van der Waals surface area contributed by atoms with Crippen LogP contribution in [0.1, 0.15) is 33.6 Å². The molecule has 0 fully saturated rings. The normalized spacial score (nSPS) is 18.7. The van der Waals surface area contributed by atoms with Crippen molar-refractivity contribution in [2.75, 3.05) is 11.4 Å². The summed E-state index contributed by atoms with van der Waals surface area (Å²) in [6.45, 7) is 5.88. The van der Waals surface area contributed by atoms with Crippen molar-refractivity contribution in [3.63, 3.8) is 0 Å². The minimum absolute atomic E-state index is 0.0278. The lowest BCUT2D eigenvalue weighted by atomic mass is 10.1. The first-order chi connectivity index (χ1) is 10.1. The van der Waals surface area contributed by atoms with E-state index in [-0.39, 0.29) is 24.4 Å². The second kappa shape index (κ2) is 6.61. The Morgan fingerprint density at radius 2 is 2.10 bits per heavy atom. The molecule has 0 saturated carbocycles. The van der Waals surface area contributed by atoms with E-state index >= 15 is 0 Å². The highest BCUT2D eigenvalue weighted by molar-refractivity contribution is 6.03. The van der Waals surface area contributed by atoms with Gasteiger partial charge < -0.3 is 10.1 Å². The summed E-state index contributed by atoms with van der Waals surface area (Å²) in [4.78, 5) is 26.0. The summed E-state index contributed by atoms with van der Waals surface area (Å²) in [6, 6.07) is 7.42. The second-order valence-corrected chi connectivity index (χ2v) is 5.28. The third-order valence-corrected chi connectivity index (χ3v) is 3.66. The van der Waals surface area contributed by atoms with E-state index in [0.29, 0.717) is 17.9 Å². The van der Waals surface area contributed by atoms with Gasteiger partial charge in [-0.3, -0.25) is 14.5 Å². The predicted octanol–water partition coefficient (Wildman–Crippen LogP) is 2.11. The van der Waals surface area contributed by atoms with E-state index in [0.717, 1.165) is 6.42 Å². The summed E-state index contributed by atoms with van der Waals surface area (Å²) in [7, 11) is 0. The standard InChI is InChI=1S/C16H22N2O3/c1-4-11(3)17-15(19)10-18-12-8-6-7-9-14(12)21-13(5-2)16(18)20/h6-9,11,13H,4-5,10H2,1-3H3,(H,17,19)/t11-,13+/m0/s1. The van der Waals surface area contributed by atoms with Crippen molar-refractivity contribution < 1.29 is 14.3 Å². The number of carbonyl (C=O) groups excluding carboxylic acids is 2. The molecular formula is C16H22N2O3. The van der Waals surface area contributed by atoms with Crippen LogP contribution in [-0.4, -0.2) is 30.5 Å². The Hall–Kier alpha value is -2.04. The number of hydrogen-bond donors (Lipinski definition) is 1. The number of para-hydroxylation sites is 2. The van der Waals surface area contributed by atoms with Crippen LogP contribution in [0.2, 0.25) is 0 Å². The molecule has 1 aliphatic rings. The number of amides is 2. The van der Waals surface area contributed by atoms with Crippen LogP contribution < -0.4 is 15.0 Å². The molecule has 2 rings (SSSR count). The van der Waals surface area contributed by atoms with Gasteiger partial charge in [-0.25, -0.2) is 0 Å². The highest BCUT2D eigenvalue weighted by Crippen LogP contribution is 2.34. The zero-order chi connectivity index (χ0) is 15.4. The third-order valence-electron chi connectivity index (χ3n) is 3.66. The van der Waals surface area contributed by atoms with E-state index in [9.17, 15) is 9.59 Å². The van der Waals surface area contributed by atoms with Crippen LogP contribution in [-0.2, 0) is 9.59 Å². The first kappa shape index (κ1) is 15.4. The molecule has 1 aromatic carbocycles. The average Bonchev–Trinajstić information content (AvgIpc) is 2.49. The van der Waals surface area contributed by atoms with Gasteiger partial charge in [0.05, 0.1) is 5.69 Å². The topological polar surface area (TPSA) is 58.6 Å². The Labute approximate surface area is 125 Å². The van der Waals surface area contributed by atoms with Gasteiger partial charge in [-0.2, -0.15) is 0 Å². The van der Waals surface area contributed by atoms with Gasteiger partial charge in [0, 0.05) is 6.04 Å². The van der Waals surface area contributed by atoms with E-state index < -0.39 is 6.10 Å². The molecule has 0 bridgehead atoms. The summed E-state index contributed by atoms with van der Waals surface area (Å²) >= 11 is 0. The fraction of sp³-hybridized carbons (Fsp3) is 0.500. The number of ether oxygens (including phenoxy) is 1. The maximum absolute atomic E-state index is 12.4. The molecule has 0 aliphatic carbocycles. The Kier molecular flexibility index (Phi) is 4.83. The molecule has 1 heterocycles.